The van der Waals surface area contributed by atoms with Crippen LogP contribution in [0.2, 0.25) is 5.02 Å². The highest BCUT2D eigenvalue weighted by Crippen LogP contribution is 2.31. The van der Waals surface area contributed by atoms with E-state index in [0.29, 0.717) is 56.9 Å². The molecular weight excluding hydrogens is 536 g/mol. The maximum absolute atomic E-state index is 15.4. The third kappa shape index (κ3) is 6.40. The Morgan fingerprint density at radius 3 is 2.41 bits per heavy atom. The van der Waals surface area contributed by atoms with Gasteiger partial charge in [-0.25, -0.2) is 9.37 Å². The molecule has 2 aromatic carbocycles. The lowest BCUT2D eigenvalue weighted by atomic mass is 10.0. The minimum Gasteiger partial charge on any atom is -0.366 e. The van der Waals surface area contributed by atoms with Crippen LogP contribution in [0.5, 0.6) is 0 Å². The Labute approximate surface area is 235 Å². The van der Waals surface area contributed by atoms with E-state index in [1.807, 2.05) is 0 Å². The molecule has 37 heavy (non-hydrogen) atoms. The van der Waals surface area contributed by atoms with Crippen molar-refractivity contribution in [1.82, 2.24) is 14.9 Å². The van der Waals surface area contributed by atoms with E-state index in [4.69, 9.17) is 11.6 Å². The van der Waals surface area contributed by atoms with E-state index in [2.05, 4.69) is 59.8 Å². The first-order valence-electron chi connectivity index (χ1n) is 12.0. The van der Waals surface area contributed by atoms with Gasteiger partial charge in [0, 0.05) is 53.9 Å². The van der Waals surface area contributed by atoms with Gasteiger partial charge in [0.05, 0.1) is 10.7 Å². The van der Waals surface area contributed by atoms with Crippen molar-refractivity contribution in [3.8, 4) is 11.4 Å². The summed E-state index contributed by atoms with van der Waals surface area (Å²) in [5.74, 6) is 0.215. The standard InChI is InChI=1S/C27H33ClFN5O.2ClH/c1-15(2)23-12-30-26(32-23)21-11-19(7-9-22(21)28)31-27(35)20-8-10-24(25(29)18(20)5)34-13-16(3)33(6)17(4)14-34;;/h7-12,15-17H,13-14H2,1-6H3,(H,30,32)(H,31,35);2*1H/t16-,17+;;. The van der Waals surface area contributed by atoms with Crippen molar-refractivity contribution < 1.29 is 9.18 Å². The number of H-pyrrole nitrogens is 1. The van der Waals surface area contributed by atoms with Crippen LogP contribution >= 0.6 is 36.4 Å². The molecule has 1 amide bonds. The minimum atomic E-state index is -0.372. The van der Waals surface area contributed by atoms with E-state index >= 15 is 4.39 Å². The van der Waals surface area contributed by atoms with Crippen molar-refractivity contribution >= 4 is 53.7 Å². The average molecular weight is 571 g/mol. The Morgan fingerprint density at radius 2 is 1.81 bits per heavy atom. The molecule has 4 rings (SSSR count). The summed E-state index contributed by atoms with van der Waals surface area (Å²) in [5.41, 5.74) is 3.42. The molecule has 0 saturated carbocycles. The first-order chi connectivity index (χ1) is 16.6. The number of nitrogens with zero attached hydrogens (tertiary/aromatic N) is 3. The van der Waals surface area contributed by atoms with Gasteiger partial charge in [-0.05, 0) is 69.6 Å². The summed E-state index contributed by atoms with van der Waals surface area (Å²) in [6, 6.07) is 9.26. The number of rotatable bonds is 5. The lowest BCUT2D eigenvalue weighted by Gasteiger charge is -2.43. The molecule has 0 aliphatic carbocycles. The fourth-order valence-corrected chi connectivity index (χ4v) is 4.72. The number of anilines is 2. The maximum atomic E-state index is 15.4. The Morgan fingerprint density at radius 1 is 1.16 bits per heavy atom. The highest BCUT2D eigenvalue weighted by atomic mass is 35.5. The van der Waals surface area contributed by atoms with E-state index < -0.39 is 0 Å². The second kappa shape index (κ2) is 12.5. The molecule has 0 radical (unpaired) electrons. The Hall–Kier alpha value is -2.32. The topological polar surface area (TPSA) is 64.3 Å². The van der Waals surface area contributed by atoms with Gasteiger partial charge in [-0.3, -0.25) is 9.69 Å². The van der Waals surface area contributed by atoms with Gasteiger partial charge >= 0.3 is 0 Å². The van der Waals surface area contributed by atoms with Gasteiger partial charge in [0.1, 0.15) is 11.6 Å². The van der Waals surface area contributed by atoms with Gasteiger partial charge in [-0.2, -0.15) is 0 Å². The predicted octanol–water partition coefficient (Wildman–Crippen LogP) is 6.93. The molecular formula is C27H35Cl3FN5O. The van der Waals surface area contributed by atoms with Gasteiger partial charge in [0.15, 0.2) is 0 Å². The summed E-state index contributed by atoms with van der Waals surface area (Å²) in [5, 5.41) is 3.41. The molecule has 2 heterocycles. The highest BCUT2D eigenvalue weighted by molar-refractivity contribution is 6.33. The van der Waals surface area contributed by atoms with E-state index in [9.17, 15) is 4.79 Å². The number of aromatic nitrogens is 2. The van der Waals surface area contributed by atoms with Gasteiger partial charge in [-0.15, -0.1) is 24.8 Å². The van der Waals surface area contributed by atoms with Crippen molar-refractivity contribution in [2.45, 2.75) is 52.6 Å². The zero-order valence-electron chi connectivity index (χ0n) is 21.9. The number of carbonyl (C=O) groups excluding carboxylic acids is 1. The number of halogens is 4. The zero-order valence-corrected chi connectivity index (χ0v) is 24.3. The van der Waals surface area contributed by atoms with Gasteiger partial charge in [0.25, 0.3) is 5.91 Å². The largest absolute Gasteiger partial charge is 0.366 e. The van der Waals surface area contributed by atoms with Crippen LogP contribution in [-0.2, 0) is 0 Å². The van der Waals surface area contributed by atoms with Crippen LogP contribution in [0, 0.1) is 12.7 Å². The minimum absolute atomic E-state index is 0. The third-order valence-electron chi connectivity index (χ3n) is 7.01. The molecule has 0 bridgehead atoms. The molecule has 6 nitrogen and oxygen atoms in total. The van der Waals surface area contributed by atoms with Gasteiger partial charge in [0.2, 0.25) is 0 Å². The molecule has 1 aliphatic rings. The molecule has 0 unspecified atom stereocenters. The van der Waals surface area contributed by atoms with E-state index in [-0.39, 0.29) is 36.5 Å². The fraction of sp³-hybridized carbons (Fsp3) is 0.407. The first-order valence-corrected chi connectivity index (χ1v) is 12.4. The van der Waals surface area contributed by atoms with Crippen molar-refractivity contribution in [2.75, 3.05) is 30.4 Å². The van der Waals surface area contributed by atoms with E-state index in [0.717, 1.165) is 18.8 Å². The summed E-state index contributed by atoms with van der Waals surface area (Å²) in [6.45, 7) is 11.6. The van der Waals surface area contributed by atoms with Crippen molar-refractivity contribution in [2.24, 2.45) is 0 Å². The quantitative estimate of drug-likeness (QED) is 0.349. The number of carbonyl (C=O) groups is 1. The zero-order chi connectivity index (χ0) is 25.4. The molecule has 202 valence electrons. The monoisotopic (exact) mass is 569 g/mol. The van der Waals surface area contributed by atoms with E-state index in [1.165, 1.54) is 0 Å². The molecule has 3 aromatic rings. The van der Waals surface area contributed by atoms with Crippen molar-refractivity contribution in [3.63, 3.8) is 0 Å². The lowest BCUT2D eigenvalue weighted by Crippen LogP contribution is -2.55. The molecule has 1 aromatic heterocycles. The molecule has 0 spiro atoms. The first kappa shape index (κ1) is 30.9. The Bertz CT molecular complexity index is 1240. The summed E-state index contributed by atoms with van der Waals surface area (Å²) >= 11 is 6.41. The summed E-state index contributed by atoms with van der Waals surface area (Å²) in [7, 11) is 2.10. The molecule has 2 atom stereocenters. The van der Waals surface area contributed by atoms with Crippen LogP contribution in [0.3, 0.4) is 0 Å². The second-order valence-electron chi connectivity index (χ2n) is 9.83. The number of likely N-dealkylation sites (N-methyl/N-ethyl adjacent to an activating group) is 1. The van der Waals surface area contributed by atoms with Crippen LogP contribution in [0.15, 0.2) is 36.5 Å². The smallest absolute Gasteiger partial charge is 0.256 e. The summed E-state index contributed by atoms with van der Waals surface area (Å²) in [6.07, 6.45) is 1.79. The average Bonchev–Trinajstić information content (AvgIpc) is 3.30. The lowest BCUT2D eigenvalue weighted by molar-refractivity contribution is 0.102. The summed E-state index contributed by atoms with van der Waals surface area (Å²) < 4.78 is 15.4. The molecule has 2 N–H and O–H groups in total. The van der Waals surface area contributed by atoms with Crippen LogP contribution in [-0.4, -0.2) is 53.0 Å². The van der Waals surface area contributed by atoms with Crippen LogP contribution in [0.25, 0.3) is 11.4 Å². The number of imidazole rings is 1. The second-order valence-corrected chi connectivity index (χ2v) is 10.2. The number of benzene rings is 2. The van der Waals surface area contributed by atoms with Gasteiger partial charge < -0.3 is 15.2 Å². The predicted molar refractivity (Wildman–Crippen MR) is 156 cm³/mol. The van der Waals surface area contributed by atoms with Gasteiger partial charge in [-0.1, -0.05) is 25.4 Å². The number of hydrogen-bond acceptors (Lipinski definition) is 4. The van der Waals surface area contributed by atoms with Crippen LogP contribution in [0.4, 0.5) is 15.8 Å². The highest BCUT2D eigenvalue weighted by Gasteiger charge is 2.29. The Balaban J connectivity index is 0.00000241. The van der Waals surface area contributed by atoms with E-state index in [1.54, 1.807) is 43.5 Å². The number of piperazine rings is 1. The third-order valence-corrected chi connectivity index (χ3v) is 7.34. The number of hydrogen-bond donors (Lipinski definition) is 2. The molecule has 10 heteroatoms. The fourth-order valence-electron chi connectivity index (χ4n) is 4.51. The summed E-state index contributed by atoms with van der Waals surface area (Å²) in [4.78, 5) is 25.2. The maximum Gasteiger partial charge on any atom is 0.256 e. The Kier molecular flexibility index (Phi) is 10.4. The molecule has 1 aliphatic heterocycles. The number of nitrogens with one attached hydrogen (secondary N) is 2. The SMILES string of the molecule is Cc1c(C(=O)Nc2ccc(Cl)c(-c3ncc(C(C)C)[nH]3)c2)ccc(N2C[C@@H](C)N(C)[C@@H](C)C2)c1F.Cl.Cl. The van der Waals surface area contributed by atoms with Crippen LogP contribution < -0.4 is 10.2 Å². The number of amides is 1. The van der Waals surface area contributed by atoms with Crippen molar-refractivity contribution in [1.29, 1.82) is 0 Å². The van der Waals surface area contributed by atoms with Crippen LogP contribution in [0.1, 0.15) is 55.2 Å². The molecule has 1 fully saturated rings. The van der Waals surface area contributed by atoms with Crippen molar-refractivity contribution in [3.05, 3.63) is 64.2 Å². The molecule has 1 saturated heterocycles. The normalized spacial score (nSPS) is 17.8. The number of aromatic amines is 1.